The molecule has 1 fully saturated rings. The number of ether oxygens (including phenoxy) is 2. The molecule has 94 valence electrons. The minimum Gasteiger partial charge on any atom is -0.490 e. The maximum Gasteiger partial charge on any atom is 0.195 e. The summed E-state index contributed by atoms with van der Waals surface area (Å²) < 4.78 is 10.6. The van der Waals surface area contributed by atoms with Crippen LogP contribution in [0, 0.1) is 0 Å². The Morgan fingerprint density at radius 3 is 2.88 bits per heavy atom. The number of methoxy groups -OCH3 is 1. The maximum absolute atomic E-state index is 5.38. The average Bonchev–Trinajstić information content (AvgIpc) is 2.39. The normalized spacial score (nSPS) is 16.8. The Hall–Kier alpha value is -1.05. The van der Waals surface area contributed by atoms with Gasteiger partial charge in [-0.05, 0) is 12.8 Å². The zero-order valence-corrected chi connectivity index (χ0v) is 10.5. The highest BCUT2D eigenvalue weighted by atomic mass is 32.2. The number of nitrogen functional groups attached to an aromatic ring is 1. The van der Waals surface area contributed by atoms with Crippen molar-refractivity contribution in [3.63, 3.8) is 0 Å². The van der Waals surface area contributed by atoms with Crippen molar-refractivity contribution in [2.75, 3.05) is 25.7 Å². The number of nitrogens with zero attached hydrogens (tertiary/aromatic N) is 2. The van der Waals surface area contributed by atoms with Crippen molar-refractivity contribution in [1.29, 1.82) is 0 Å². The molecule has 0 atom stereocenters. The molecule has 0 amide bonds. The molecule has 1 aromatic rings. The molecule has 6 nitrogen and oxygen atoms in total. The van der Waals surface area contributed by atoms with Gasteiger partial charge in [0.15, 0.2) is 11.6 Å². The van der Waals surface area contributed by atoms with Gasteiger partial charge in [0.05, 0.1) is 7.11 Å². The van der Waals surface area contributed by atoms with E-state index < -0.39 is 0 Å². The fraction of sp³-hybridized carbons (Fsp3) is 0.600. The smallest absolute Gasteiger partial charge is 0.195 e. The quantitative estimate of drug-likeness (QED) is 0.473. The van der Waals surface area contributed by atoms with Gasteiger partial charge in [-0.15, -0.1) is 0 Å². The van der Waals surface area contributed by atoms with Crippen LogP contribution in [0.15, 0.2) is 11.4 Å². The highest BCUT2D eigenvalue weighted by Crippen LogP contribution is 2.36. The lowest BCUT2D eigenvalue weighted by Crippen LogP contribution is -2.18. The topological polar surface area (TPSA) is 82.3 Å². The van der Waals surface area contributed by atoms with Crippen LogP contribution >= 0.6 is 11.8 Å². The molecule has 17 heavy (non-hydrogen) atoms. The van der Waals surface area contributed by atoms with Crippen LogP contribution in [0.2, 0.25) is 0 Å². The molecule has 0 saturated carbocycles. The van der Waals surface area contributed by atoms with Crippen LogP contribution in [-0.4, -0.2) is 35.5 Å². The van der Waals surface area contributed by atoms with Crippen LogP contribution in [-0.2, 0) is 4.74 Å². The van der Waals surface area contributed by atoms with Gasteiger partial charge in [0, 0.05) is 18.5 Å². The van der Waals surface area contributed by atoms with E-state index in [2.05, 4.69) is 15.4 Å². The van der Waals surface area contributed by atoms with Gasteiger partial charge in [-0.25, -0.2) is 15.8 Å². The van der Waals surface area contributed by atoms with E-state index in [1.807, 2.05) is 0 Å². The van der Waals surface area contributed by atoms with Gasteiger partial charge < -0.3 is 14.9 Å². The lowest BCUT2D eigenvalue weighted by molar-refractivity contribution is 0.1000. The zero-order chi connectivity index (χ0) is 12.1. The van der Waals surface area contributed by atoms with Gasteiger partial charge in [-0.3, -0.25) is 0 Å². The summed E-state index contributed by atoms with van der Waals surface area (Å²) in [7, 11) is 1.59. The number of thioether (sulfide) groups is 1. The summed E-state index contributed by atoms with van der Waals surface area (Å²) >= 11 is 1.69. The molecule has 0 aliphatic carbocycles. The molecule has 1 aliphatic rings. The first-order chi connectivity index (χ1) is 8.35. The fourth-order valence-corrected chi connectivity index (χ4v) is 2.82. The van der Waals surface area contributed by atoms with Crippen LogP contribution in [0.1, 0.15) is 12.8 Å². The van der Waals surface area contributed by atoms with E-state index >= 15 is 0 Å². The van der Waals surface area contributed by atoms with E-state index in [1.54, 1.807) is 18.9 Å². The van der Waals surface area contributed by atoms with Gasteiger partial charge in [0.25, 0.3) is 0 Å². The summed E-state index contributed by atoms with van der Waals surface area (Å²) in [6.07, 6.45) is 3.55. The second-order valence-corrected chi connectivity index (χ2v) is 4.92. The SMILES string of the molecule is COc1c(NN)ncnc1SC1CCOCC1. The second-order valence-electron chi connectivity index (χ2n) is 3.63. The number of hydrazine groups is 1. The Balaban J connectivity index is 2.13. The highest BCUT2D eigenvalue weighted by molar-refractivity contribution is 8.00. The first-order valence-electron chi connectivity index (χ1n) is 5.45. The first-order valence-corrected chi connectivity index (χ1v) is 6.33. The van der Waals surface area contributed by atoms with E-state index in [0.29, 0.717) is 16.8 Å². The Labute approximate surface area is 104 Å². The van der Waals surface area contributed by atoms with E-state index in [0.717, 1.165) is 31.1 Å². The van der Waals surface area contributed by atoms with Crippen molar-refractivity contribution in [2.24, 2.45) is 5.84 Å². The number of aromatic nitrogens is 2. The number of hydrogen-bond acceptors (Lipinski definition) is 7. The summed E-state index contributed by atoms with van der Waals surface area (Å²) in [5.74, 6) is 6.49. The molecule has 1 aliphatic heterocycles. The van der Waals surface area contributed by atoms with Crippen molar-refractivity contribution in [1.82, 2.24) is 9.97 Å². The Kier molecular flexibility index (Phi) is 4.41. The average molecular weight is 256 g/mol. The lowest BCUT2D eigenvalue weighted by atomic mass is 10.2. The third-order valence-corrected chi connectivity index (χ3v) is 3.88. The van der Waals surface area contributed by atoms with Gasteiger partial charge in [0.2, 0.25) is 0 Å². The van der Waals surface area contributed by atoms with Crippen molar-refractivity contribution in [2.45, 2.75) is 23.1 Å². The third-order valence-electron chi connectivity index (χ3n) is 2.56. The van der Waals surface area contributed by atoms with Gasteiger partial charge in [-0.2, -0.15) is 0 Å². The van der Waals surface area contributed by atoms with Crippen LogP contribution in [0.3, 0.4) is 0 Å². The summed E-state index contributed by atoms with van der Waals surface area (Å²) in [6, 6.07) is 0. The molecule has 3 N–H and O–H groups in total. The fourth-order valence-electron chi connectivity index (χ4n) is 1.68. The molecule has 2 heterocycles. The Morgan fingerprint density at radius 1 is 1.47 bits per heavy atom. The summed E-state index contributed by atoms with van der Waals surface area (Å²) in [5, 5.41) is 1.33. The lowest BCUT2D eigenvalue weighted by Gasteiger charge is -2.21. The summed E-state index contributed by atoms with van der Waals surface area (Å²) in [6.45, 7) is 1.63. The predicted octanol–water partition coefficient (Wildman–Crippen LogP) is 1.04. The Morgan fingerprint density at radius 2 is 2.24 bits per heavy atom. The molecule has 0 bridgehead atoms. The van der Waals surface area contributed by atoms with Gasteiger partial charge in [0.1, 0.15) is 11.4 Å². The minimum atomic E-state index is 0.511. The molecule has 2 rings (SSSR count). The molecule has 0 radical (unpaired) electrons. The summed E-state index contributed by atoms with van der Waals surface area (Å²) in [5.41, 5.74) is 2.51. The van der Waals surface area contributed by atoms with Crippen molar-refractivity contribution in [3.05, 3.63) is 6.33 Å². The van der Waals surface area contributed by atoms with E-state index in [1.165, 1.54) is 6.33 Å². The predicted molar refractivity (Wildman–Crippen MR) is 66.1 cm³/mol. The van der Waals surface area contributed by atoms with Crippen molar-refractivity contribution < 1.29 is 9.47 Å². The molecular weight excluding hydrogens is 240 g/mol. The molecule has 1 saturated heterocycles. The molecular formula is C10H16N4O2S. The van der Waals surface area contributed by atoms with E-state index in [4.69, 9.17) is 15.3 Å². The van der Waals surface area contributed by atoms with Gasteiger partial charge in [-0.1, -0.05) is 11.8 Å². The van der Waals surface area contributed by atoms with Crippen LogP contribution in [0.25, 0.3) is 0 Å². The zero-order valence-electron chi connectivity index (χ0n) is 9.68. The molecule has 0 spiro atoms. The molecule has 7 heteroatoms. The first kappa shape index (κ1) is 12.4. The number of nitrogens with one attached hydrogen (secondary N) is 1. The monoisotopic (exact) mass is 256 g/mol. The van der Waals surface area contributed by atoms with E-state index in [-0.39, 0.29) is 0 Å². The standard InChI is InChI=1S/C10H16N4O2S/c1-15-8-9(14-11)12-6-13-10(8)17-7-2-4-16-5-3-7/h6-7H,2-5,11H2,1H3,(H,12,13,14). The van der Waals surface area contributed by atoms with Crippen LogP contribution in [0.4, 0.5) is 5.82 Å². The summed E-state index contributed by atoms with van der Waals surface area (Å²) in [4.78, 5) is 8.25. The molecule has 0 aromatic carbocycles. The number of nitrogens with two attached hydrogens (primary N) is 1. The molecule has 1 aromatic heterocycles. The minimum absolute atomic E-state index is 0.511. The highest BCUT2D eigenvalue weighted by Gasteiger charge is 2.19. The van der Waals surface area contributed by atoms with Crippen LogP contribution < -0.4 is 16.0 Å². The second kappa shape index (κ2) is 6.04. The number of rotatable bonds is 4. The number of anilines is 1. The van der Waals surface area contributed by atoms with Gasteiger partial charge >= 0.3 is 0 Å². The number of hydrogen-bond donors (Lipinski definition) is 2. The Bertz CT molecular complexity index is 371. The van der Waals surface area contributed by atoms with Crippen molar-refractivity contribution >= 4 is 17.6 Å². The maximum atomic E-state index is 5.38. The van der Waals surface area contributed by atoms with Crippen molar-refractivity contribution in [3.8, 4) is 5.75 Å². The molecule has 0 unspecified atom stereocenters. The largest absolute Gasteiger partial charge is 0.490 e. The van der Waals surface area contributed by atoms with E-state index in [9.17, 15) is 0 Å². The van der Waals surface area contributed by atoms with Crippen LogP contribution in [0.5, 0.6) is 5.75 Å². The third kappa shape index (κ3) is 2.99.